The van der Waals surface area contributed by atoms with Crippen LogP contribution in [0.1, 0.15) is 23.6 Å². The van der Waals surface area contributed by atoms with Crippen LogP contribution in [-0.2, 0) is 19.1 Å². The summed E-state index contributed by atoms with van der Waals surface area (Å²) in [5.74, 6) is -3.00. The average molecular weight is 457 g/mol. The van der Waals surface area contributed by atoms with Crippen LogP contribution in [0.25, 0.3) is 0 Å². The molecule has 2 aromatic rings. The fourth-order valence-corrected chi connectivity index (χ4v) is 5.54. The Bertz CT molecular complexity index is 1060. The highest BCUT2D eigenvalue weighted by Gasteiger charge is 2.68. The lowest BCUT2D eigenvalue weighted by Crippen LogP contribution is -2.56. The number of esters is 1. The zero-order valence-corrected chi connectivity index (χ0v) is 18.9. The summed E-state index contributed by atoms with van der Waals surface area (Å²) in [5.41, 5.74) is 0.772. The van der Waals surface area contributed by atoms with E-state index in [2.05, 4.69) is 5.32 Å². The van der Waals surface area contributed by atoms with Crippen LogP contribution in [0.15, 0.2) is 48.5 Å². The van der Waals surface area contributed by atoms with Crippen molar-refractivity contribution < 1.29 is 23.5 Å². The first kappa shape index (κ1) is 22.5. The van der Waals surface area contributed by atoms with Gasteiger partial charge in [0.05, 0.1) is 24.6 Å². The minimum absolute atomic E-state index is 0.294. The van der Waals surface area contributed by atoms with E-state index in [1.165, 1.54) is 31.4 Å². The van der Waals surface area contributed by atoms with Gasteiger partial charge in [0, 0.05) is 6.04 Å². The van der Waals surface area contributed by atoms with Crippen LogP contribution in [0.2, 0.25) is 0 Å². The normalized spacial score (nSPS) is 27.0. The molecule has 0 bridgehead atoms. The first-order valence-electron chi connectivity index (χ1n) is 10.4. The third-order valence-electron chi connectivity index (χ3n) is 6.51. The second-order valence-corrected chi connectivity index (χ2v) is 9.16. The summed E-state index contributed by atoms with van der Waals surface area (Å²) in [6.07, 6.45) is 2.25. The molecule has 4 rings (SSSR count). The zero-order valence-electron chi connectivity index (χ0n) is 18.1. The Kier molecular flexibility index (Phi) is 6.09. The van der Waals surface area contributed by atoms with E-state index in [-0.39, 0.29) is 0 Å². The Labute approximate surface area is 190 Å². The smallest absolute Gasteiger partial charge is 0.326 e. The lowest BCUT2D eigenvalue weighted by molar-refractivity contribution is -0.152. The molecule has 2 aliphatic rings. The molecule has 2 aliphatic heterocycles. The Morgan fingerprint density at radius 1 is 1.16 bits per heavy atom. The predicted octanol–water partition coefficient (Wildman–Crippen LogP) is 3.25. The molecular weight excluding hydrogens is 431 g/mol. The Balaban J connectivity index is 1.87. The van der Waals surface area contributed by atoms with Gasteiger partial charge in [-0.3, -0.25) is 19.7 Å². The van der Waals surface area contributed by atoms with Gasteiger partial charge in [-0.2, -0.15) is 11.8 Å². The summed E-state index contributed by atoms with van der Waals surface area (Å²) < 4.78 is 18.6. The Morgan fingerprint density at radius 3 is 2.47 bits per heavy atom. The molecule has 0 radical (unpaired) electrons. The molecule has 2 amide bonds. The summed E-state index contributed by atoms with van der Waals surface area (Å²) in [5, 5.41) is 3.37. The van der Waals surface area contributed by atoms with Gasteiger partial charge in [0.1, 0.15) is 11.4 Å². The second kappa shape index (κ2) is 8.67. The van der Waals surface area contributed by atoms with E-state index in [1.807, 2.05) is 37.4 Å². The number of hydrogen-bond donors (Lipinski definition) is 1. The molecule has 2 saturated heterocycles. The third kappa shape index (κ3) is 3.42. The predicted molar refractivity (Wildman–Crippen MR) is 121 cm³/mol. The van der Waals surface area contributed by atoms with Gasteiger partial charge in [0.2, 0.25) is 11.8 Å². The number of nitrogens with zero attached hydrogens (tertiary/aromatic N) is 1. The van der Waals surface area contributed by atoms with Gasteiger partial charge >= 0.3 is 5.97 Å². The van der Waals surface area contributed by atoms with Crippen molar-refractivity contribution in [2.75, 3.05) is 24.0 Å². The van der Waals surface area contributed by atoms with Crippen molar-refractivity contribution in [3.05, 3.63) is 65.5 Å². The highest BCUT2D eigenvalue weighted by Crippen LogP contribution is 2.51. The zero-order chi connectivity index (χ0) is 23.0. The van der Waals surface area contributed by atoms with Crippen molar-refractivity contribution in [3.8, 4) is 0 Å². The molecular formula is C24H25FN2O4S. The number of thioether (sulfide) groups is 1. The van der Waals surface area contributed by atoms with E-state index in [4.69, 9.17) is 4.74 Å². The van der Waals surface area contributed by atoms with E-state index in [0.29, 0.717) is 17.9 Å². The lowest BCUT2D eigenvalue weighted by atomic mass is 9.77. The number of halogens is 1. The van der Waals surface area contributed by atoms with Gasteiger partial charge < -0.3 is 4.74 Å². The summed E-state index contributed by atoms with van der Waals surface area (Å²) in [7, 11) is 1.29. The summed E-state index contributed by atoms with van der Waals surface area (Å²) in [6.45, 7) is 1.94. The number of imide groups is 1. The lowest BCUT2D eigenvalue weighted by Gasteiger charge is -2.32. The number of aryl methyl sites for hydroxylation is 1. The fourth-order valence-electron chi connectivity index (χ4n) is 5.01. The van der Waals surface area contributed by atoms with E-state index in [9.17, 15) is 18.8 Å². The fraction of sp³-hybridized carbons (Fsp3) is 0.375. The van der Waals surface area contributed by atoms with E-state index in [1.54, 1.807) is 11.8 Å². The number of fused-ring (bicyclic) bond motifs is 1. The molecule has 0 unspecified atom stereocenters. The molecule has 2 aromatic carbocycles. The summed E-state index contributed by atoms with van der Waals surface area (Å²) in [6, 6.07) is 12.3. The van der Waals surface area contributed by atoms with Crippen LogP contribution < -0.4 is 10.2 Å². The van der Waals surface area contributed by atoms with E-state index in [0.717, 1.165) is 16.0 Å². The van der Waals surface area contributed by atoms with Crippen molar-refractivity contribution in [1.29, 1.82) is 0 Å². The topological polar surface area (TPSA) is 75.7 Å². The second-order valence-electron chi connectivity index (χ2n) is 8.18. The van der Waals surface area contributed by atoms with Crippen LogP contribution in [-0.4, -0.2) is 42.4 Å². The van der Waals surface area contributed by atoms with E-state index >= 15 is 0 Å². The first-order chi connectivity index (χ1) is 15.4. The van der Waals surface area contributed by atoms with Crippen molar-refractivity contribution in [2.24, 2.45) is 11.8 Å². The van der Waals surface area contributed by atoms with Crippen molar-refractivity contribution in [3.63, 3.8) is 0 Å². The first-order valence-corrected chi connectivity index (χ1v) is 11.8. The maximum atomic E-state index is 13.7. The molecule has 168 valence electrons. The summed E-state index contributed by atoms with van der Waals surface area (Å²) in [4.78, 5) is 41.6. The summed E-state index contributed by atoms with van der Waals surface area (Å²) >= 11 is 1.55. The number of rotatable bonds is 6. The largest absolute Gasteiger partial charge is 0.468 e. The van der Waals surface area contributed by atoms with Gasteiger partial charge in [-0.1, -0.05) is 24.3 Å². The molecule has 8 heteroatoms. The number of benzene rings is 2. The SMILES string of the molecule is COC(=O)[C@]1(CCSC)N[C@H](c2ccccc2C)[C@H]2C(=O)N(c3ccc(F)cc3)C(=O)[C@H]21. The molecule has 32 heavy (non-hydrogen) atoms. The van der Waals surface area contributed by atoms with Crippen LogP contribution in [0.4, 0.5) is 10.1 Å². The van der Waals surface area contributed by atoms with Crippen LogP contribution in [0, 0.1) is 24.6 Å². The molecule has 0 aliphatic carbocycles. The number of carbonyl (C=O) groups excluding carboxylic acids is 3. The van der Waals surface area contributed by atoms with Crippen molar-refractivity contribution in [1.82, 2.24) is 5.32 Å². The molecule has 0 saturated carbocycles. The average Bonchev–Trinajstić information content (AvgIpc) is 3.27. The maximum absolute atomic E-state index is 13.7. The van der Waals surface area contributed by atoms with Gasteiger partial charge in [-0.05, 0) is 60.7 Å². The van der Waals surface area contributed by atoms with Crippen LogP contribution in [0.3, 0.4) is 0 Å². The van der Waals surface area contributed by atoms with Crippen LogP contribution >= 0.6 is 11.8 Å². The van der Waals surface area contributed by atoms with Gasteiger partial charge in [-0.15, -0.1) is 0 Å². The molecule has 2 fully saturated rings. The third-order valence-corrected chi connectivity index (χ3v) is 7.13. The minimum Gasteiger partial charge on any atom is -0.468 e. The number of amides is 2. The van der Waals surface area contributed by atoms with Gasteiger partial charge in [0.25, 0.3) is 0 Å². The number of hydrogen-bond acceptors (Lipinski definition) is 6. The molecule has 0 spiro atoms. The van der Waals surface area contributed by atoms with Crippen LogP contribution in [0.5, 0.6) is 0 Å². The number of ether oxygens (including phenoxy) is 1. The maximum Gasteiger partial charge on any atom is 0.326 e. The van der Waals surface area contributed by atoms with E-state index < -0.39 is 47.0 Å². The highest BCUT2D eigenvalue weighted by molar-refractivity contribution is 7.98. The monoisotopic (exact) mass is 456 g/mol. The van der Waals surface area contributed by atoms with Gasteiger partial charge in [-0.25, -0.2) is 9.29 Å². The molecule has 1 N–H and O–H groups in total. The Morgan fingerprint density at radius 2 is 1.84 bits per heavy atom. The highest BCUT2D eigenvalue weighted by atomic mass is 32.2. The van der Waals surface area contributed by atoms with Crippen molar-refractivity contribution >= 4 is 35.2 Å². The number of anilines is 1. The molecule has 0 aromatic heterocycles. The Hall–Kier alpha value is -2.71. The standard InChI is InChI=1S/C24H25FN2O4S/c1-14-6-4-5-7-17(14)20-18-19(24(26-20,12-13-32-3)23(30)31-2)22(29)27(21(18)28)16-10-8-15(25)9-11-16/h4-11,18-20,26H,12-13H2,1-3H3/t18-,19-,20+,24+/m0/s1. The van der Waals surface area contributed by atoms with Gasteiger partial charge in [0.15, 0.2) is 0 Å². The molecule has 2 heterocycles. The molecule has 6 nitrogen and oxygen atoms in total. The minimum atomic E-state index is -1.34. The van der Waals surface area contributed by atoms with Crippen molar-refractivity contribution in [2.45, 2.75) is 24.9 Å². The molecule has 4 atom stereocenters. The number of nitrogens with one attached hydrogen (secondary N) is 1. The quantitative estimate of drug-likeness (QED) is 0.531. The number of carbonyl (C=O) groups is 3. The number of methoxy groups -OCH3 is 1.